The zero-order chi connectivity index (χ0) is 24.5. The van der Waals surface area contributed by atoms with Crippen molar-refractivity contribution in [1.29, 1.82) is 0 Å². The maximum absolute atomic E-state index is 12.9. The zero-order valence-electron chi connectivity index (χ0n) is 17.6. The highest BCUT2D eigenvalue weighted by molar-refractivity contribution is 5.97. The second-order valence-electron chi connectivity index (χ2n) is 7.22. The number of aliphatic carboxylic acids is 1. The summed E-state index contributed by atoms with van der Waals surface area (Å²) in [5.74, 6) is -1.18. The first-order valence-corrected chi connectivity index (χ1v) is 9.91. The molecule has 2 heterocycles. The first kappa shape index (κ1) is 23.0. The van der Waals surface area contributed by atoms with Gasteiger partial charge in [-0.1, -0.05) is 0 Å². The van der Waals surface area contributed by atoms with Gasteiger partial charge in [-0.3, -0.25) is 10.1 Å². The number of carbonyl (C=O) groups is 2. The van der Waals surface area contributed by atoms with Crippen LogP contribution >= 0.6 is 0 Å². The molecule has 2 aromatic heterocycles. The number of imidazole rings is 1. The van der Waals surface area contributed by atoms with Crippen molar-refractivity contribution < 1.29 is 37.0 Å². The minimum Gasteiger partial charge on any atom is -0.480 e. The molecule has 178 valence electrons. The second kappa shape index (κ2) is 9.02. The van der Waals surface area contributed by atoms with Gasteiger partial charge in [0.1, 0.15) is 12.1 Å². The number of rotatable bonds is 8. The van der Waals surface area contributed by atoms with E-state index in [1.165, 1.54) is 6.07 Å². The molecule has 0 aliphatic heterocycles. The number of carbonyl (C=O) groups excluding carboxylic acids is 1. The first-order valence-electron chi connectivity index (χ1n) is 9.91. The Bertz CT molecular complexity index is 1380. The molecule has 10 nitrogen and oxygen atoms in total. The molecule has 0 unspecified atom stereocenters. The van der Waals surface area contributed by atoms with Crippen LogP contribution in [0.3, 0.4) is 0 Å². The molecule has 3 N–H and O–H groups in total. The van der Waals surface area contributed by atoms with E-state index in [9.17, 15) is 22.8 Å². The summed E-state index contributed by atoms with van der Waals surface area (Å²) in [7, 11) is 1.71. The predicted molar refractivity (Wildman–Crippen MR) is 114 cm³/mol. The van der Waals surface area contributed by atoms with Gasteiger partial charge in [-0.05, 0) is 36.4 Å². The maximum atomic E-state index is 12.9. The van der Waals surface area contributed by atoms with Crippen LogP contribution in [0.4, 0.5) is 25.1 Å². The number of aromatic nitrogens is 3. The fraction of sp³-hybridized carbons (Fsp3) is 0.238. The molecule has 0 bridgehead atoms. The molecule has 13 heteroatoms. The summed E-state index contributed by atoms with van der Waals surface area (Å²) >= 11 is 0. The van der Waals surface area contributed by atoms with Crippen LogP contribution in [-0.4, -0.2) is 51.3 Å². The molecule has 4 rings (SSSR count). The Morgan fingerprint density at radius 1 is 1.15 bits per heavy atom. The van der Waals surface area contributed by atoms with Crippen LogP contribution in [0.15, 0.2) is 40.8 Å². The van der Waals surface area contributed by atoms with Gasteiger partial charge in [-0.15, -0.1) is 0 Å². The zero-order valence-corrected chi connectivity index (χ0v) is 17.6. The summed E-state index contributed by atoms with van der Waals surface area (Å²) in [6.07, 6.45) is -4.50. The van der Waals surface area contributed by atoms with Crippen LogP contribution in [0.25, 0.3) is 22.1 Å². The number of benzene rings is 2. The molecule has 0 aliphatic carbocycles. The monoisotopic (exact) mass is 477 g/mol. The van der Waals surface area contributed by atoms with Crippen LogP contribution in [0.2, 0.25) is 0 Å². The molecule has 0 fully saturated rings. The number of nitrogens with zero attached hydrogens (tertiary/aromatic N) is 3. The molecule has 2 aromatic carbocycles. The van der Waals surface area contributed by atoms with Gasteiger partial charge in [0, 0.05) is 19.2 Å². The van der Waals surface area contributed by atoms with Gasteiger partial charge in [0.05, 0.1) is 23.2 Å². The molecular weight excluding hydrogens is 459 g/mol. The number of hydrogen-bond acceptors (Lipinski definition) is 7. The number of fused-ring (bicyclic) bond motifs is 2. The largest absolute Gasteiger partial charge is 0.480 e. The highest BCUT2D eigenvalue weighted by Crippen LogP contribution is 2.32. The standard InChI is InChI=1S/C21H18F3N5O5/c1-29-15-5-2-11(18(32)25-6-7-33-10-17(30)31)8-14(15)26-19(29)28-20-27-13-4-3-12(21(22,23)24)9-16(13)34-20/h2-5,8-9H,6-7,10H2,1H3,(H,25,32)(H,30,31)(H,26,27,28). The lowest BCUT2D eigenvalue weighted by Gasteiger charge is -2.05. The number of ether oxygens (including phenoxy) is 1. The van der Waals surface area contributed by atoms with Gasteiger partial charge < -0.3 is 24.1 Å². The molecule has 4 aromatic rings. The Kier molecular flexibility index (Phi) is 6.11. The number of nitrogens with one attached hydrogen (secondary N) is 2. The third-order valence-electron chi connectivity index (χ3n) is 4.84. The number of amides is 1. The van der Waals surface area contributed by atoms with E-state index in [4.69, 9.17) is 14.3 Å². The summed E-state index contributed by atoms with van der Waals surface area (Å²) in [6.45, 7) is -0.269. The van der Waals surface area contributed by atoms with E-state index in [2.05, 4.69) is 20.6 Å². The third kappa shape index (κ3) is 4.93. The van der Waals surface area contributed by atoms with Crippen LogP contribution in [0, 0.1) is 0 Å². The summed E-state index contributed by atoms with van der Waals surface area (Å²) in [6, 6.07) is 7.83. The molecule has 0 saturated carbocycles. The van der Waals surface area contributed by atoms with E-state index in [1.54, 1.807) is 29.8 Å². The van der Waals surface area contributed by atoms with Crippen molar-refractivity contribution in [1.82, 2.24) is 19.9 Å². The number of carboxylic acid groups (broad SMARTS) is 1. The Balaban J connectivity index is 1.49. The van der Waals surface area contributed by atoms with Crippen molar-refractivity contribution in [3.63, 3.8) is 0 Å². The van der Waals surface area contributed by atoms with E-state index in [-0.39, 0.29) is 36.2 Å². The Morgan fingerprint density at radius 2 is 1.94 bits per heavy atom. The smallest absolute Gasteiger partial charge is 0.416 e. The van der Waals surface area contributed by atoms with Crippen molar-refractivity contribution in [3.8, 4) is 0 Å². The minimum absolute atomic E-state index is 0.0256. The lowest BCUT2D eigenvalue weighted by Crippen LogP contribution is -2.27. The molecule has 1 amide bonds. The number of aryl methyl sites for hydroxylation is 1. The molecular formula is C21H18F3N5O5. The maximum Gasteiger partial charge on any atom is 0.416 e. The Morgan fingerprint density at radius 3 is 2.68 bits per heavy atom. The molecule has 34 heavy (non-hydrogen) atoms. The van der Waals surface area contributed by atoms with E-state index >= 15 is 0 Å². The van der Waals surface area contributed by atoms with Crippen molar-refractivity contribution in [3.05, 3.63) is 47.5 Å². The summed E-state index contributed by atoms with van der Waals surface area (Å²) in [4.78, 5) is 31.3. The van der Waals surface area contributed by atoms with E-state index < -0.39 is 24.3 Å². The number of hydrogen-bond donors (Lipinski definition) is 3. The first-order chi connectivity index (χ1) is 16.1. The number of halogens is 3. The molecule has 0 radical (unpaired) electrons. The van der Waals surface area contributed by atoms with Crippen LogP contribution in [0.5, 0.6) is 0 Å². The van der Waals surface area contributed by atoms with Gasteiger partial charge in [-0.2, -0.15) is 18.2 Å². The van der Waals surface area contributed by atoms with Crippen molar-refractivity contribution in [2.75, 3.05) is 25.1 Å². The molecule has 0 atom stereocenters. The summed E-state index contributed by atoms with van der Waals surface area (Å²) < 4.78 is 50.7. The Hall–Kier alpha value is -4.13. The summed E-state index contributed by atoms with van der Waals surface area (Å²) in [5.41, 5.74) is 0.874. The average Bonchev–Trinajstić information content (AvgIpc) is 3.32. The SMILES string of the molecule is Cn1c(Nc2nc3ccc(C(F)(F)F)cc3o2)nc2cc(C(=O)NCCOCC(=O)O)ccc21. The number of anilines is 2. The fourth-order valence-corrected chi connectivity index (χ4v) is 3.20. The second-order valence-corrected chi connectivity index (χ2v) is 7.22. The summed E-state index contributed by atoms with van der Waals surface area (Å²) in [5, 5.41) is 14.0. The quantitative estimate of drug-likeness (QED) is 0.330. The topological polar surface area (TPSA) is 132 Å². The average molecular weight is 477 g/mol. The molecule has 0 spiro atoms. The highest BCUT2D eigenvalue weighted by atomic mass is 19.4. The van der Waals surface area contributed by atoms with Gasteiger partial charge in [0.15, 0.2) is 5.58 Å². The predicted octanol–water partition coefficient (Wildman–Crippen LogP) is 3.31. The van der Waals surface area contributed by atoms with Crippen LogP contribution in [0.1, 0.15) is 15.9 Å². The number of carboxylic acids is 1. The molecule has 0 aliphatic rings. The van der Waals surface area contributed by atoms with Gasteiger partial charge in [-0.25, -0.2) is 9.78 Å². The highest BCUT2D eigenvalue weighted by Gasteiger charge is 2.31. The van der Waals surface area contributed by atoms with Crippen molar-refractivity contribution in [2.24, 2.45) is 7.05 Å². The lowest BCUT2D eigenvalue weighted by atomic mass is 10.2. The van der Waals surface area contributed by atoms with Crippen molar-refractivity contribution in [2.45, 2.75) is 6.18 Å². The lowest BCUT2D eigenvalue weighted by molar-refractivity contribution is -0.142. The van der Waals surface area contributed by atoms with Gasteiger partial charge in [0.25, 0.3) is 5.91 Å². The van der Waals surface area contributed by atoms with Gasteiger partial charge in [0.2, 0.25) is 5.95 Å². The fourth-order valence-electron chi connectivity index (χ4n) is 3.20. The molecule has 0 saturated heterocycles. The van der Waals surface area contributed by atoms with Gasteiger partial charge >= 0.3 is 18.2 Å². The third-order valence-corrected chi connectivity index (χ3v) is 4.84. The number of oxazole rings is 1. The van der Waals surface area contributed by atoms with Crippen LogP contribution < -0.4 is 10.6 Å². The number of alkyl halides is 3. The Labute approximate surface area is 189 Å². The van der Waals surface area contributed by atoms with E-state index in [0.29, 0.717) is 22.5 Å². The minimum atomic E-state index is -4.50. The normalized spacial score (nSPS) is 11.8. The van der Waals surface area contributed by atoms with Crippen molar-refractivity contribution >= 4 is 46.0 Å². The van der Waals surface area contributed by atoms with E-state index in [1.807, 2.05) is 0 Å². The van der Waals surface area contributed by atoms with E-state index in [0.717, 1.165) is 12.1 Å². The van der Waals surface area contributed by atoms with Crippen LogP contribution in [-0.2, 0) is 22.8 Å².